The predicted molar refractivity (Wildman–Crippen MR) is 135 cm³/mol. The second kappa shape index (κ2) is 8.84. The molecule has 2 nitrogen and oxygen atoms in total. The van der Waals surface area contributed by atoms with Crippen LogP contribution in [0.3, 0.4) is 0 Å². The molecule has 0 aliphatic rings. The molecule has 0 bridgehead atoms. The lowest BCUT2D eigenvalue weighted by molar-refractivity contribution is -0.674. The second-order valence-electron chi connectivity index (χ2n) is 8.59. The Kier molecular flexibility index (Phi) is 5.58. The molecular formula is C31H28N2+2. The monoisotopic (exact) mass is 428 g/mol. The van der Waals surface area contributed by atoms with Crippen molar-refractivity contribution in [3.05, 3.63) is 127 Å². The van der Waals surface area contributed by atoms with Crippen molar-refractivity contribution in [1.82, 2.24) is 0 Å². The highest BCUT2D eigenvalue weighted by atomic mass is 15.0. The van der Waals surface area contributed by atoms with Crippen LogP contribution >= 0.6 is 0 Å². The van der Waals surface area contributed by atoms with Gasteiger partial charge in [-0.05, 0) is 49.2 Å². The summed E-state index contributed by atoms with van der Waals surface area (Å²) in [6.07, 6.45) is 4.40. The van der Waals surface area contributed by atoms with Gasteiger partial charge in [-0.1, -0.05) is 66.7 Å². The van der Waals surface area contributed by atoms with Gasteiger partial charge in [-0.15, -0.1) is 0 Å². The average Bonchev–Trinajstić information content (AvgIpc) is 2.85. The van der Waals surface area contributed by atoms with E-state index in [4.69, 9.17) is 0 Å². The summed E-state index contributed by atoms with van der Waals surface area (Å²) >= 11 is 0. The van der Waals surface area contributed by atoms with Gasteiger partial charge in [0.15, 0.2) is 12.4 Å². The quantitative estimate of drug-likeness (QED) is 0.292. The molecule has 3 aromatic carbocycles. The largest absolute Gasteiger partial charge is 0.229 e. The number of aromatic nitrogens is 2. The molecule has 0 unspecified atom stereocenters. The second-order valence-corrected chi connectivity index (χ2v) is 8.59. The van der Waals surface area contributed by atoms with E-state index in [1.807, 2.05) is 0 Å². The van der Waals surface area contributed by atoms with Crippen LogP contribution in [-0.2, 0) is 7.05 Å². The van der Waals surface area contributed by atoms with Gasteiger partial charge in [0.2, 0.25) is 17.1 Å². The number of rotatable bonds is 4. The van der Waals surface area contributed by atoms with Crippen molar-refractivity contribution in [2.75, 3.05) is 0 Å². The van der Waals surface area contributed by atoms with E-state index in [-0.39, 0.29) is 0 Å². The molecule has 0 spiro atoms. The van der Waals surface area contributed by atoms with Crippen LogP contribution in [0.15, 0.2) is 116 Å². The third-order valence-corrected chi connectivity index (χ3v) is 6.08. The van der Waals surface area contributed by atoms with E-state index in [1.54, 1.807) is 0 Å². The Morgan fingerprint density at radius 3 is 1.30 bits per heavy atom. The van der Waals surface area contributed by atoms with E-state index in [0.717, 1.165) is 0 Å². The first-order chi connectivity index (χ1) is 16.1. The van der Waals surface area contributed by atoms with Crippen molar-refractivity contribution in [3.8, 4) is 39.3 Å². The number of benzene rings is 3. The zero-order chi connectivity index (χ0) is 22.8. The molecule has 160 valence electrons. The smallest absolute Gasteiger partial charge is 0.207 e. The minimum atomic E-state index is 1.18. The topological polar surface area (TPSA) is 7.76 Å². The molecule has 0 aliphatic heterocycles. The lowest BCUT2D eigenvalue weighted by Gasteiger charge is -2.14. The Morgan fingerprint density at radius 1 is 0.485 bits per heavy atom. The first-order valence-electron chi connectivity index (χ1n) is 11.3. The number of hydrogen-bond donors (Lipinski definition) is 0. The number of nitrogens with zero attached hydrogens (tertiary/aromatic N) is 2. The minimum Gasteiger partial charge on any atom is -0.207 e. The molecule has 0 aliphatic carbocycles. The van der Waals surface area contributed by atoms with E-state index < -0.39 is 0 Å². The lowest BCUT2D eigenvalue weighted by Crippen LogP contribution is -2.40. The van der Waals surface area contributed by atoms with Gasteiger partial charge in [-0.25, -0.2) is 4.57 Å². The summed E-state index contributed by atoms with van der Waals surface area (Å²) in [4.78, 5) is 0. The number of pyridine rings is 2. The van der Waals surface area contributed by atoms with E-state index >= 15 is 0 Å². The highest BCUT2D eigenvalue weighted by molar-refractivity contribution is 5.74. The fourth-order valence-electron chi connectivity index (χ4n) is 4.71. The van der Waals surface area contributed by atoms with E-state index in [2.05, 4.69) is 146 Å². The maximum absolute atomic E-state index is 2.43. The van der Waals surface area contributed by atoms with Gasteiger partial charge in [0.05, 0.1) is 11.1 Å². The third kappa shape index (κ3) is 4.08. The van der Waals surface area contributed by atoms with Gasteiger partial charge in [-0.2, -0.15) is 4.57 Å². The summed E-state index contributed by atoms with van der Waals surface area (Å²) in [6.45, 7) is 4.40. The summed E-state index contributed by atoms with van der Waals surface area (Å²) in [7, 11) is 2.09. The van der Waals surface area contributed by atoms with Crippen LogP contribution in [0.4, 0.5) is 0 Å². The molecule has 0 saturated heterocycles. The average molecular weight is 429 g/mol. The third-order valence-electron chi connectivity index (χ3n) is 6.08. The van der Waals surface area contributed by atoms with Crippen LogP contribution < -0.4 is 9.13 Å². The molecule has 2 heteroatoms. The summed E-state index contributed by atoms with van der Waals surface area (Å²) in [5, 5.41) is 0. The van der Waals surface area contributed by atoms with Crippen LogP contribution in [0.5, 0.6) is 0 Å². The Hall–Kier alpha value is -4.04. The molecule has 33 heavy (non-hydrogen) atoms. The van der Waals surface area contributed by atoms with Gasteiger partial charge >= 0.3 is 0 Å². The Bertz CT molecular complexity index is 1320. The zero-order valence-electron chi connectivity index (χ0n) is 19.4. The fourth-order valence-corrected chi connectivity index (χ4v) is 4.71. The molecule has 0 atom stereocenters. The summed E-state index contributed by atoms with van der Waals surface area (Å²) in [5.74, 6) is 0. The van der Waals surface area contributed by atoms with Crippen LogP contribution in [0.1, 0.15) is 11.1 Å². The fraction of sp³-hybridized carbons (Fsp3) is 0.0968. The van der Waals surface area contributed by atoms with Gasteiger partial charge in [0.1, 0.15) is 7.05 Å². The Morgan fingerprint density at radius 2 is 0.879 bits per heavy atom. The normalized spacial score (nSPS) is 10.9. The Balaban J connectivity index is 1.93. The van der Waals surface area contributed by atoms with Gasteiger partial charge in [0, 0.05) is 23.3 Å². The van der Waals surface area contributed by atoms with Crippen LogP contribution in [0, 0.1) is 13.8 Å². The molecule has 0 fully saturated rings. The summed E-state index contributed by atoms with van der Waals surface area (Å²) in [5.41, 5.74) is 10.9. The highest BCUT2D eigenvalue weighted by Crippen LogP contribution is 2.31. The maximum Gasteiger partial charge on any atom is 0.229 e. The summed E-state index contributed by atoms with van der Waals surface area (Å²) < 4.78 is 4.57. The minimum absolute atomic E-state index is 1.18. The van der Waals surface area contributed by atoms with Gasteiger partial charge < -0.3 is 0 Å². The van der Waals surface area contributed by atoms with Crippen LogP contribution in [-0.4, -0.2) is 0 Å². The first-order valence-corrected chi connectivity index (χ1v) is 11.3. The molecule has 2 heterocycles. The molecule has 0 saturated carbocycles. The molecule has 0 radical (unpaired) electrons. The summed E-state index contributed by atoms with van der Waals surface area (Å²) in [6, 6.07) is 36.7. The van der Waals surface area contributed by atoms with E-state index in [1.165, 1.54) is 50.5 Å². The van der Waals surface area contributed by atoms with Gasteiger partial charge in [0.25, 0.3) is 0 Å². The van der Waals surface area contributed by atoms with Crippen molar-refractivity contribution >= 4 is 0 Å². The Labute approximate surface area is 196 Å². The zero-order valence-corrected chi connectivity index (χ0v) is 19.4. The first kappa shape index (κ1) is 20.8. The van der Waals surface area contributed by atoms with Crippen molar-refractivity contribution in [2.45, 2.75) is 13.8 Å². The molecule has 5 aromatic rings. The SMILES string of the molecule is Cc1c[n+](C)cc(C)c1-[n+]1c(-c2ccccc2)cc(-c2ccccc2)cc1-c1ccccc1. The number of aryl methyl sites for hydroxylation is 3. The van der Waals surface area contributed by atoms with Crippen molar-refractivity contribution in [3.63, 3.8) is 0 Å². The van der Waals surface area contributed by atoms with Crippen LogP contribution in [0.25, 0.3) is 39.3 Å². The standard InChI is InChI=1S/C31H28N2/c1-23-21-32(3)22-24(2)31(23)33-29(26-15-9-5-10-16-26)19-28(25-13-7-4-8-14-25)20-30(33)27-17-11-6-12-18-27/h4-22H,1-3H3/q+2. The molecule has 2 aromatic heterocycles. The lowest BCUT2D eigenvalue weighted by atomic mass is 9.98. The maximum atomic E-state index is 2.43. The van der Waals surface area contributed by atoms with Gasteiger partial charge in [-0.3, -0.25) is 0 Å². The van der Waals surface area contributed by atoms with Crippen molar-refractivity contribution < 1.29 is 9.13 Å². The highest BCUT2D eigenvalue weighted by Gasteiger charge is 2.29. The molecule has 0 amide bonds. The van der Waals surface area contributed by atoms with E-state index in [0.29, 0.717) is 0 Å². The van der Waals surface area contributed by atoms with Crippen molar-refractivity contribution in [2.24, 2.45) is 7.05 Å². The molecular weight excluding hydrogens is 400 g/mol. The molecule has 5 rings (SSSR count). The van der Waals surface area contributed by atoms with Crippen molar-refractivity contribution in [1.29, 1.82) is 0 Å². The molecule has 0 N–H and O–H groups in total. The number of hydrogen-bond acceptors (Lipinski definition) is 0. The van der Waals surface area contributed by atoms with Crippen LogP contribution in [0.2, 0.25) is 0 Å². The van der Waals surface area contributed by atoms with E-state index in [9.17, 15) is 0 Å². The predicted octanol–water partition coefficient (Wildman–Crippen LogP) is 6.41.